The topological polar surface area (TPSA) is 51.0 Å². The van der Waals surface area contributed by atoms with Crippen molar-refractivity contribution < 1.29 is 4.52 Å². The van der Waals surface area contributed by atoms with Gasteiger partial charge >= 0.3 is 0 Å². The molecular weight excluding hydrogens is 222 g/mol. The second-order valence-electron chi connectivity index (χ2n) is 4.67. The molecule has 1 N–H and O–H groups in total. The number of aromatic nitrogens is 2. The molecule has 0 radical (unpaired) electrons. The summed E-state index contributed by atoms with van der Waals surface area (Å²) >= 11 is 1.80. The predicted molar refractivity (Wildman–Crippen MR) is 67.6 cm³/mol. The minimum Gasteiger partial charge on any atom is -0.339 e. The van der Waals surface area contributed by atoms with Crippen LogP contribution < -0.4 is 5.32 Å². The van der Waals surface area contributed by atoms with E-state index >= 15 is 0 Å². The lowest BCUT2D eigenvalue weighted by atomic mass is 10.1. The molecule has 0 atom stereocenters. The summed E-state index contributed by atoms with van der Waals surface area (Å²) < 4.78 is 5.16. The van der Waals surface area contributed by atoms with Gasteiger partial charge in [-0.2, -0.15) is 16.7 Å². The SMILES string of the molecule is CCSCc1noc(CCNC(C)(C)C)n1. The van der Waals surface area contributed by atoms with Gasteiger partial charge in [-0.25, -0.2) is 0 Å². The molecule has 0 aromatic carbocycles. The van der Waals surface area contributed by atoms with Gasteiger partial charge in [-0.05, 0) is 26.5 Å². The second kappa shape index (κ2) is 6.25. The van der Waals surface area contributed by atoms with Gasteiger partial charge in [0.15, 0.2) is 5.82 Å². The Morgan fingerprint density at radius 1 is 1.38 bits per heavy atom. The van der Waals surface area contributed by atoms with Crippen LogP contribution in [0, 0.1) is 0 Å². The van der Waals surface area contributed by atoms with Crippen molar-refractivity contribution in [3.8, 4) is 0 Å². The highest BCUT2D eigenvalue weighted by atomic mass is 32.2. The normalized spacial score (nSPS) is 12.0. The van der Waals surface area contributed by atoms with Crippen LogP contribution >= 0.6 is 11.8 Å². The number of rotatable bonds is 6. The third-order valence-corrected chi connectivity index (χ3v) is 2.81. The molecule has 0 fully saturated rings. The van der Waals surface area contributed by atoms with Gasteiger partial charge in [-0.15, -0.1) is 0 Å². The van der Waals surface area contributed by atoms with E-state index in [9.17, 15) is 0 Å². The standard InChI is InChI=1S/C11H21N3OS/c1-5-16-8-9-13-10(15-14-9)6-7-12-11(2,3)4/h12H,5-8H2,1-4H3. The second-order valence-corrected chi connectivity index (χ2v) is 5.94. The Hall–Kier alpha value is -0.550. The van der Waals surface area contributed by atoms with E-state index < -0.39 is 0 Å². The quantitative estimate of drug-likeness (QED) is 0.830. The van der Waals surface area contributed by atoms with Crippen LogP contribution in [-0.2, 0) is 12.2 Å². The van der Waals surface area contributed by atoms with Crippen molar-refractivity contribution >= 4 is 11.8 Å². The van der Waals surface area contributed by atoms with Crippen LogP contribution in [0.25, 0.3) is 0 Å². The van der Waals surface area contributed by atoms with Gasteiger partial charge in [0.2, 0.25) is 5.89 Å². The molecule has 0 unspecified atom stereocenters. The highest BCUT2D eigenvalue weighted by molar-refractivity contribution is 7.98. The molecule has 1 heterocycles. The molecule has 1 rings (SSSR count). The molecule has 0 aliphatic carbocycles. The summed E-state index contributed by atoms with van der Waals surface area (Å²) in [4.78, 5) is 4.33. The van der Waals surface area contributed by atoms with Crippen LogP contribution in [0.2, 0.25) is 0 Å². The third-order valence-electron chi connectivity index (χ3n) is 1.94. The first-order chi connectivity index (χ1) is 7.51. The summed E-state index contributed by atoms with van der Waals surface area (Å²) in [5.41, 5.74) is 0.140. The van der Waals surface area contributed by atoms with Gasteiger partial charge in [0, 0.05) is 18.5 Å². The zero-order valence-corrected chi connectivity index (χ0v) is 11.4. The van der Waals surface area contributed by atoms with Gasteiger partial charge in [-0.3, -0.25) is 0 Å². The predicted octanol–water partition coefficient (Wildman–Crippen LogP) is 2.25. The average Bonchev–Trinajstić information content (AvgIpc) is 2.61. The van der Waals surface area contributed by atoms with Crippen molar-refractivity contribution in [3.05, 3.63) is 11.7 Å². The summed E-state index contributed by atoms with van der Waals surface area (Å²) in [6.07, 6.45) is 0.793. The van der Waals surface area contributed by atoms with E-state index in [0.29, 0.717) is 0 Å². The number of nitrogens with one attached hydrogen (secondary N) is 1. The lowest BCUT2D eigenvalue weighted by Crippen LogP contribution is -2.37. The van der Waals surface area contributed by atoms with Gasteiger partial charge in [0.05, 0.1) is 5.75 Å². The summed E-state index contributed by atoms with van der Waals surface area (Å²) in [5, 5.41) is 7.32. The Morgan fingerprint density at radius 3 is 2.75 bits per heavy atom. The third kappa shape index (κ3) is 5.51. The van der Waals surface area contributed by atoms with E-state index in [2.05, 4.69) is 43.2 Å². The summed E-state index contributed by atoms with van der Waals surface area (Å²) in [6.45, 7) is 9.42. The van der Waals surface area contributed by atoms with Crippen LogP contribution in [0.5, 0.6) is 0 Å². The summed E-state index contributed by atoms with van der Waals surface area (Å²) in [7, 11) is 0. The molecule has 0 aliphatic rings. The van der Waals surface area contributed by atoms with Gasteiger partial charge < -0.3 is 9.84 Å². The zero-order chi connectivity index (χ0) is 12.0. The molecular formula is C11H21N3OS. The maximum absolute atomic E-state index is 5.16. The molecule has 0 aliphatic heterocycles. The Balaban J connectivity index is 2.29. The van der Waals surface area contributed by atoms with Crippen LogP contribution in [0.15, 0.2) is 4.52 Å². The van der Waals surface area contributed by atoms with E-state index in [4.69, 9.17) is 4.52 Å². The molecule has 0 saturated carbocycles. The van der Waals surface area contributed by atoms with E-state index in [-0.39, 0.29) is 5.54 Å². The molecule has 0 amide bonds. The minimum atomic E-state index is 0.140. The molecule has 0 bridgehead atoms. The van der Waals surface area contributed by atoms with Crippen molar-refractivity contribution in [1.29, 1.82) is 0 Å². The van der Waals surface area contributed by atoms with Crippen molar-refractivity contribution in [2.75, 3.05) is 12.3 Å². The molecule has 16 heavy (non-hydrogen) atoms. The minimum absolute atomic E-state index is 0.140. The Labute approximate surface area is 102 Å². The molecule has 4 nitrogen and oxygen atoms in total. The monoisotopic (exact) mass is 243 g/mol. The van der Waals surface area contributed by atoms with E-state index in [1.54, 1.807) is 11.8 Å². The molecule has 92 valence electrons. The summed E-state index contributed by atoms with van der Waals surface area (Å²) in [5.74, 6) is 3.45. The highest BCUT2D eigenvalue weighted by Gasteiger charge is 2.10. The maximum atomic E-state index is 5.16. The number of nitrogens with zero attached hydrogens (tertiary/aromatic N) is 2. The van der Waals surface area contributed by atoms with E-state index in [1.807, 2.05) is 0 Å². The Kier molecular flexibility index (Phi) is 5.28. The van der Waals surface area contributed by atoms with E-state index in [1.165, 1.54) is 0 Å². The molecule has 1 aromatic heterocycles. The number of hydrogen-bond acceptors (Lipinski definition) is 5. The average molecular weight is 243 g/mol. The van der Waals surface area contributed by atoms with Crippen molar-refractivity contribution in [3.63, 3.8) is 0 Å². The zero-order valence-electron chi connectivity index (χ0n) is 10.5. The fraction of sp³-hybridized carbons (Fsp3) is 0.818. The van der Waals surface area contributed by atoms with Gasteiger partial charge in [0.25, 0.3) is 0 Å². The largest absolute Gasteiger partial charge is 0.339 e. The molecule has 5 heteroatoms. The van der Waals surface area contributed by atoms with Crippen molar-refractivity contribution in [2.24, 2.45) is 0 Å². The molecule has 0 saturated heterocycles. The first-order valence-electron chi connectivity index (χ1n) is 5.65. The van der Waals surface area contributed by atoms with Gasteiger partial charge in [-0.1, -0.05) is 12.1 Å². The smallest absolute Gasteiger partial charge is 0.227 e. The lowest BCUT2D eigenvalue weighted by Gasteiger charge is -2.19. The molecule has 0 spiro atoms. The van der Waals surface area contributed by atoms with Crippen LogP contribution in [-0.4, -0.2) is 28.0 Å². The van der Waals surface area contributed by atoms with Crippen molar-refractivity contribution in [1.82, 2.24) is 15.5 Å². The van der Waals surface area contributed by atoms with Crippen molar-refractivity contribution in [2.45, 2.75) is 45.4 Å². The fourth-order valence-electron chi connectivity index (χ4n) is 1.19. The maximum Gasteiger partial charge on any atom is 0.227 e. The summed E-state index contributed by atoms with van der Waals surface area (Å²) in [6, 6.07) is 0. The van der Waals surface area contributed by atoms with Crippen LogP contribution in [0.1, 0.15) is 39.4 Å². The van der Waals surface area contributed by atoms with Gasteiger partial charge in [0.1, 0.15) is 0 Å². The lowest BCUT2D eigenvalue weighted by molar-refractivity contribution is 0.359. The first-order valence-corrected chi connectivity index (χ1v) is 6.81. The molecule has 1 aromatic rings. The van der Waals surface area contributed by atoms with E-state index in [0.717, 1.165) is 36.2 Å². The van der Waals surface area contributed by atoms with Crippen LogP contribution in [0.4, 0.5) is 0 Å². The first kappa shape index (κ1) is 13.5. The number of thioether (sulfide) groups is 1. The Bertz CT molecular complexity index is 306. The highest BCUT2D eigenvalue weighted by Crippen LogP contribution is 2.08. The van der Waals surface area contributed by atoms with Crippen LogP contribution in [0.3, 0.4) is 0 Å². The number of hydrogen-bond donors (Lipinski definition) is 1. The Morgan fingerprint density at radius 2 is 2.12 bits per heavy atom. The fourth-order valence-corrected chi connectivity index (χ4v) is 1.69.